The summed E-state index contributed by atoms with van der Waals surface area (Å²) in [5.74, 6) is 0.963. The van der Waals surface area contributed by atoms with Crippen LogP contribution in [0.5, 0.6) is 0 Å². The fourth-order valence-corrected chi connectivity index (χ4v) is 5.76. The smallest absolute Gasteiger partial charge is 0.211 e. The lowest BCUT2D eigenvalue weighted by atomic mass is 9.78. The predicted octanol–water partition coefficient (Wildman–Crippen LogP) is 5.50. The lowest BCUT2D eigenvalue weighted by molar-refractivity contribution is 0.133. The fourth-order valence-electron chi connectivity index (χ4n) is 4.29. The Balaban J connectivity index is 1.48. The number of ether oxygens (including phenoxy) is 1. The molecule has 152 valence electrons. The van der Waals surface area contributed by atoms with Crippen molar-refractivity contribution in [3.05, 3.63) is 46.3 Å². The third-order valence-electron chi connectivity index (χ3n) is 6.08. The Morgan fingerprint density at radius 2 is 2.00 bits per heavy atom. The van der Waals surface area contributed by atoms with Gasteiger partial charge in [0.15, 0.2) is 5.65 Å². The highest BCUT2D eigenvalue weighted by Gasteiger charge is 2.38. The van der Waals surface area contributed by atoms with E-state index in [0.29, 0.717) is 15.5 Å². The quantitative estimate of drug-likeness (QED) is 0.528. The SMILES string of the molecule is Cc1nc(N2CCC3(CCOC3)CC2)n2ccnc2c1Sc1cccc(Cl)c1Cl. The first-order chi connectivity index (χ1) is 14.1. The van der Waals surface area contributed by atoms with Gasteiger partial charge in [-0.05, 0) is 43.7 Å². The van der Waals surface area contributed by atoms with Crippen molar-refractivity contribution in [2.75, 3.05) is 31.2 Å². The zero-order chi connectivity index (χ0) is 20.0. The molecule has 29 heavy (non-hydrogen) atoms. The summed E-state index contributed by atoms with van der Waals surface area (Å²) in [7, 11) is 0. The van der Waals surface area contributed by atoms with Crippen LogP contribution in [0.2, 0.25) is 10.0 Å². The Hall–Kier alpha value is -1.47. The van der Waals surface area contributed by atoms with Crippen LogP contribution in [0, 0.1) is 12.3 Å². The van der Waals surface area contributed by atoms with E-state index in [0.717, 1.165) is 66.2 Å². The molecule has 1 aromatic carbocycles. The summed E-state index contributed by atoms with van der Waals surface area (Å²) in [4.78, 5) is 13.9. The minimum atomic E-state index is 0.374. The molecular formula is C21H22Cl2N4OS. The van der Waals surface area contributed by atoms with E-state index in [4.69, 9.17) is 32.9 Å². The second-order valence-electron chi connectivity index (χ2n) is 7.89. The largest absolute Gasteiger partial charge is 0.381 e. The van der Waals surface area contributed by atoms with E-state index >= 15 is 0 Å². The second kappa shape index (κ2) is 7.65. The molecule has 0 radical (unpaired) electrons. The normalized spacial score (nSPS) is 18.8. The van der Waals surface area contributed by atoms with Gasteiger partial charge in [0.05, 0.1) is 27.2 Å². The van der Waals surface area contributed by atoms with Crippen LogP contribution in [0.25, 0.3) is 5.65 Å². The third-order valence-corrected chi connectivity index (χ3v) is 8.25. The number of hydrogen-bond donors (Lipinski definition) is 0. The topological polar surface area (TPSA) is 42.7 Å². The molecule has 2 aromatic heterocycles. The summed E-state index contributed by atoms with van der Waals surface area (Å²) in [5, 5.41) is 1.11. The zero-order valence-electron chi connectivity index (χ0n) is 16.2. The molecule has 2 aliphatic heterocycles. The summed E-state index contributed by atoms with van der Waals surface area (Å²) in [6.07, 6.45) is 7.31. The molecule has 0 bridgehead atoms. The first-order valence-electron chi connectivity index (χ1n) is 9.85. The van der Waals surface area contributed by atoms with Gasteiger partial charge in [0.25, 0.3) is 0 Å². The van der Waals surface area contributed by atoms with E-state index in [-0.39, 0.29) is 0 Å². The number of nitrogens with zero attached hydrogens (tertiary/aromatic N) is 4. The average Bonchev–Trinajstić information content (AvgIpc) is 3.38. The van der Waals surface area contributed by atoms with Crippen LogP contribution < -0.4 is 4.90 Å². The van der Waals surface area contributed by atoms with Crippen LogP contribution in [-0.4, -0.2) is 40.7 Å². The van der Waals surface area contributed by atoms with Gasteiger partial charge in [-0.3, -0.25) is 4.40 Å². The average molecular weight is 449 g/mol. The Labute approximate surface area is 184 Å². The Morgan fingerprint density at radius 1 is 1.17 bits per heavy atom. The van der Waals surface area contributed by atoms with Crippen molar-refractivity contribution < 1.29 is 4.74 Å². The molecule has 2 aliphatic rings. The molecule has 1 spiro atoms. The van der Waals surface area contributed by atoms with Crippen LogP contribution in [0.3, 0.4) is 0 Å². The molecule has 0 N–H and O–H groups in total. The van der Waals surface area contributed by atoms with Gasteiger partial charge < -0.3 is 9.64 Å². The van der Waals surface area contributed by atoms with Crippen molar-refractivity contribution in [2.45, 2.75) is 36.0 Å². The number of hydrogen-bond acceptors (Lipinski definition) is 5. The number of aromatic nitrogens is 3. The maximum absolute atomic E-state index is 6.41. The molecule has 0 saturated carbocycles. The molecule has 0 aliphatic carbocycles. The summed E-state index contributed by atoms with van der Waals surface area (Å²) in [6.45, 7) is 5.84. The van der Waals surface area contributed by atoms with Crippen molar-refractivity contribution in [3.8, 4) is 0 Å². The van der Waals surface area contributed by atoms with Crippen LogP contribution in [0.15, 0.2) is 40.4 Å². The van der Waals surface area contributed by atoms with Gasteiger partial charge in [-0.15, -0.1) is 0 Å². The minimum absolute atomic E-state index is 0.374. The van der Waals surface area contributed by atoms with E-state index in [1.165, 1.54) is 6.42 Å². The number of piperidine rings is 1. The summed E-state index contributed by atoms with van der Waals surface area (Å²) < 4.78 is 7.77. The number of rotatable bonds is 3. The van der Waals surface area contributed by atoms with Crippen molar-refractivity contribution in [1.82, 2.24) is 14.4 Å². The molecule has 4 heterocycles. The molecule has 5 rings (SSSR count). The van der Waals surface area contributed by atoms with Crippen LogP contribution in [0.1, 0.15) is 25.0 Å². The number of fused-ring (bicyclic) bond motifs is 1. The fraction of sp³-hybridized carbons (Fsp3) is 0.429. The maximum Gasteiger partial charge on any atom is 0.211 e. The minimum Gasteiger partial charge on any atom is -0.381 e. The predicted molar refractivity (Wildman–Crippen MR) is 118 cm³/mol. The molecule has 0 atom stereocenters. The van der Waals surface area contributed by atoms with Crippen LogP contribution >= 0.6 is 35.0 Å². The van der Waals surface area contributed by atoms with E-state index in [1.54, 1.807) is 17.8 Å². The Morgan fingerprint density at radius 3 is 2.76 bits per heavy atom. The molecule has 0 unspecified atom stereocenters. The summed E-state index contributed by atoms with van der Waals surface area (Å²) in [5.41, 5.74) is 2.22. The van der Waals surface area contributed by atoms with Gasteiger partial charge in [0, 0.05) is 37.0 Å². The van der Waals surface area contributed by atoms with Crippen molar-refractivity contribution in [1.29, 1.82) is 0 Å². The zero-order valence-corrected chi connectivity index (χ0v) is 18.5. The van der Waals surface area contributed by atoms with Gasteiger partial charge in [0.1, 0.15) is 0 Å². The van der Waals surface area contributed by atoms with Crippen molar-refractivity contribution in [2.24, 2.45) is 5.41 Å². The molecule has 2 fully saturated rings. The highest BCUT2D eigenvalue weighted by atomic mass is 35.5. The van der Waals surface area contributed by atoms with Gasteiger partial charge in [-0.25, -0.2) is 9.97 Å². The standard InChI is InChI=1S/C21H22Cl2N4OS/c1-14-18(29-16-4-2-3-15(22)17(16)23)19-24-8-11-27(19)20(25-14)26-9-5-21(6-10-26)7-12-28-13-21/h2-4,8,11H,5-7,9-10,12-13H2,1H3. The lowest BCUT2D eigenvalue weighted by Gasteiger charge is -2.39. The van der Waals surface area contributed by atoms with Gasteiger partial charge in [-0.1, -0.05) is 41.0 Å². The van der Waals surface area contributed by atoms with E-state index in [2.05, 4.69) is 14.3 Å². The lowest BCUT2D eigenvalue weighted by Crippen LogP contribution is -2.41. The van der Waals surface area contributed by atoms with Crippen molar-refractivity contribution >= 4 is 46.6 Å². The first kappa shape index (κ1) is 19.5. The van der Waals surface area contributed by atoms with Gasteiger partial charge in [-0.2, -0.15) is 0 Å². The van der Waals surface area contributed by atoms with E-state index < -0.39 is 0 Å². The first-order valence-corrected chi connectivity index (χ1v) is 11.4. The van der Waals surface area contributed by atoms with Crippen LogP contribution in [0.4, 0.5) is 5.95 Å². The molecule has 0 amide bonds. The molecule has 3 aromatic rings. The number of aryl methyl sites for hydroxylation is 1. The number of imidazole rings is 1. The second-order valence-corrected chi connectivity index (χ2v) is 9.73. The molecule has 8 heteroatoms. The number of benzene rings is 1. The summed E-state index contributed by atoms with van der Waals surface area (Å²) >= 11 is 14.2. The Kier molecular flexibility index (Phi) is 5.14. The highest BCUT2D eigenvalue weighted by Crippen LogP contribution is 2.42. The van der Waals surface area contributed by atoms with Gasteiger partial charge in [0.2, 0.25) is 5.95 Å². The van der Waals surface area contributed by atoms with Crippen molar-refractivity contribution in [3.63, 3.8) is 0 Å². The van der Waals surface area contributed by atoms with E-state index in [1.807, 2.05) is 31.5 Å². The van der Waals surface area contributed by atoms with Gasteiger partial charge >= 0.3 is 0 Å². The van der Waals surface area contributed by atoms with E-state index in [9.17, 15) is 0 Å². The monoisotopic (exact) mass is 448 g/mol. The Bertz CT molecular complexity index is 1050. The maximum atomic E-state index is 6.41. The number of halogens is 2. The molecule has 2 saturated heterocycles. The highest BCUT2D eigenvalue weighted by molar-refractivity contribution is 7.99. The number of anilines is 1. The third kappa shape index (κ3) is 3.50. The molecule has 5 nitrogen and oxygen atoms in total. The van der Waals surface area contributed by atoms with Crippen LogP contribution in [-0.2, 0) is 4.74 Å². The summed E-state index contributed by atoms with van der Waals surface area (Å²) in [6, 6.07) is 5.68. The molecular weight excluding hydrogens is 427 g/mol.